The minimum atomic E-state index is -0.838. The first-order chi connectivity index (χ1) is 9.80. The van der Waals surface area contributed by atoms with E-state index in [9.17, 15) is 9.59 Å². The molecule has 0 aromatic heterocycles. The molecule has 1 aliphatic rings. The number of carbonyl (C=O) groups is 2. The quantitative estimate of drug-likeness (QED) is 0.673. The zero-order valence-corrected chi connectivity index (χ0v) is 13.8. The minimum Gasteiger partial charge on any atom is -0.382 e. The lowest BCUT2D eigenvalue weighted by Crippen LogP contribution is -2.68. The third kappa shape index (κ3) is 4.68. The van der Waals surface area contributed by atoms with Crippen LogP contribution in [0, 0.1) is 5.92 Å². The number of methoxy groups -OCH3 is 1. The van der Waals surface area contributed by atoms with Crippen molar-refractivity contribution in [1.82, 2.24) is 10.2 Å². The van der Waals surface area contributed by atoms with E-state index in [0.717, 1.165) is 0 Å². The van der Waals surface area contributed by atoms with Gasteiger partial charge in [0.2, 0.25) is 11.8 Å². The Kier molecular flexibility index (Phi) is 6.61. The van der Waals surface area contributed by atoms with Gasteiger partial charge in [0, 0.05) is 13.7 Å². The molecule has 122 valence electrons. The van der Waals surface area contributed by atoms with Gasteiger partial charge in [0.25, 0.3) is 0 Å². The molecule has 0 spiro atoms. The summed E-state index contributed by atoms with van der Waals surface area (Å²) in [6, 6.07) is -0.426. The lowest BCUT2D eigenvalue weighted by Gasteiger charge is -2.44. The van der Waals surface area contributed by atoms with Crippen LogP contribution in [0.5, 0.6) is 0 Å². The number of amides is 2. The molecule has 0 radical (unpaired) electrons. The third-order valence-electron chi connectivity index (χ3n) is 3.70. The first kappa shape index (κ1) is 17.9. The molecule has 0 bridgehead atoms. The molecule has 1 N–H and O–H groups in total. The highest BCUT2D eigenvalue weighted by molar-refractivity contribution is 5.99. The van der Waals surface area contributed by atoms with Crippen LogP contribution in [0.1, 0.15) is 34.1 Å². The number of nitrogens with zero attached hydrogens (tertiary/aromatic N) is 1. The summed E-state index contributed by atoms with van der Waals surface area (Å²) in [4.78, 5) is 26.4. The standard InChI is InChI=1S/C15H28N2O4/c1-11(2)10-12-13(18)17(6-7-21-9-8-20-5)15(3,4)14(19)16-12/h11-12H,6-10H2,1-5H3,(H,16,19). The second kappa shape index (κ2) is 7.75. The number of ether oxygens (including phenoxy) is 2. The number of piperazine rings is 1. The number of rotatable bonds is 8. The highest BCUT2D eigenvalue weighted by atomic mass is 16.5. The molecule has 6 nitrogen and oxygen atoms in total. The van der Waals surface area contributed by atoms with Crippen molar-refractivity contribution in [3.05, 3.63) is 0 Å². The van der Waals surface area contributed by atoms with E-state index >= 15 is 0 Å². The van der Waals surface area contributed by atoms with E-state index in [1.165, 1.54) is 0 Å². The molecule has 21 heavy (non-hydrogen) atoms. The van der Waals surface area contributed by atoms with Crippen molar-refractivity contribution in [2.75, 3.05) is 33.5 Å². The van der Waals surface area contributed by atoms with Gasteiger partial charge in [0.1, 0.15) is 11.6 Å². The maximum atomic E-state index is 12.6. The molecule has 1 aliphatic heterocycles. The average molecular weight is 300 g/mol. The largest absolute Gasteiger partial charge is 0.382 e. The minimum absolute atomic E-state index is 0.0244. The maximum absolute atomic E-state index is 12.6. The van der Waals surface area contributed by atoms with E-state index in [2.05, 4.69) is 5.32 Å². The predicted octanol–water partition coefficient (Wildman–Crippen LogP) is 0.801. The Labute approximate surface area is 127 Å². The Hall–Kier alpha value is -1.14. The van der Waals surface area contributed by atoms with Gasteiger partial charge in [0.15, 0.2) is 0 Å². The van der Waals surface area contributed by atoms with Gasteiger partial charge in [0.05, 0.1) is 19.8 Å². The van der Waals surface area contributed by atoms with Crippen LogP contribution in [0.25, 0.3) is 0 Å². The zero-order chi connectivity index (χ0) is 16.0. The molecule has 1 fully saturated rings. The van der Waals surface area contributed by atoms with Gasteiger partial charge < -0.3 is 19.7 Å². The fourth-order valence-corrected chi connectivity index (χ4v) is 2.40. The third-order valence-corrected chi connectivity index (χ3v) is 3.70. The molecule has 0 aromatic rings. The maximum Gasteiger partial charge on any atom is 0.246 e. The van der Waals surface area contributed by atoms with Crippen molar-refractivity contribution < 1.29 is 19.1 Å². The van der Waals surface area contributed by atoms with Gasteiger partial charge in [-0.2, -0.15) is 0 Å². The lowest BCUT2D eigenvalue weighted by atomic mass is 9.92. The van der Waals surface area contributed by atoms with Crippen molar-refractivity contribution in [3.63, 3.8) is 0 Å². The summed E-state index contributed by atoms with van der Waals surface area (Å²) in [7, 11) is 1.61. The summed E-state index contributed by atoms with van der Waals surface area (Å²) in [6.45, 7) is 9.43. The first-order valence-corrected chi connectivity index (χ1v) is 7.49. The van der Waals surface area contributed by atoms with Crippen LogP contribution in [-0.4, -0.2) is 61.8 Å². The molecule has 0 saturated carbocycles. The van der Waals surface area contributed by atoms with Crippen LogP contribution in [-0.2, 0) is 19.1 Å². The highest BCUT2D eigenvalue weighted by Crippen LogP contribution is 2.23. The zero-order valence-electron chi connectivity index (χ0n) is 13.8. The van der Waals surface area contributed by atoms with Gasteiger partial charge in [-0.3, -0.25) is 9.59 Å². The molecule has 2 amide bonds. The Balaban J connectivity index is 2.66. The Morgan fingerprint density at radius 2 is 1.90 bits per heavy atom. The second-order valence-corrected chi connectivity index (χ2v) is 6.31. The van der Waals surface area contributed by atoms with Gasteiger partial charge >= 0.3 is 0 Å². The van der Waals surface area contributed by atoms with Crippen LogP contribution in [0.2, 0.25) is 0 Å². The number of carbonyl (C=O) groups excluding carboxylic acids is 2. The molecular weight excluding hydrogens is 272 g/mol. The van der Waals surface area contributed by atoms with Crippen molar-refractivity contribution in [2.45, 2.75) is 45.7 Å². The number of nitrogens with one attached hydrogen (secondary N) is 1. The SMILES string of the molecule is COCCOCCN1C(=O)C(CC(C)C)NC(=O)C1(C)C. The van der Waals surface area contributed by atoms with E-state index in [0.29, 0.717) is 38.7 Å². The van der Waals surface area contributed by atoms with Gasteiger partial charge in [-0.15, -0.1) is 0 Å². The van der Waals surface area contributed by atoms with E-state index in [-0.39, 0.29) is 11.8 Å². The molecule has 6 heteroatoms. The smallest absolute Gasteiger partial charge is 0.246 e. The fourth-order valence-electron chi connectivity index (χ4n) is 2.40. The lowest BCUT2D eigenvalue weighted by molar-refractivity contribution is -0.156. The number of hydrogen-bond donors (Lipinski definition) is 1. The Morgan fingerprint density at radius 3 is 2.48 bits per heavy atom. The second-order valence-electron chi connectivity index (χ2n) is 6.31. The summed E-state index contributed by atoms with van der Waals surface area (Å²) < 4.78 is 10.3. The molecule has 1 rings (SSSR count). The van der Waals surface area contributed by atoms with Crippen molar-refractivity contribution in [1.29, 1.82) is 0 Å². The Bertz CT molecular complexity index is 369. The van der Waals surface area contributed by atoms with E-state index in [1.807, 2.05) is 13.8 Å². The first-order valence-electron chi connectivity index (χ1n) is 7.49. The highest BCUT2D eigenvalue weighted by Gasteiger charge is 2.45. The molecule has 0 aliphatic carbocycles. The predicted molar refractivity (Wildman–Crippen MR) is 79.9 cm³/mol. The number of hydrogen-bond acceptors (Lipinski definition) is 4. The topological polar surface area (TPSA) is 67.9 Å². The molecule has 1 atom stereocenters. The van der Waals surface area contributed by atoms with Gasteiger partial charge in [-0.05, 0) is 26.2 Å². The monoisotopic (exact) mass is 300 g/mol. The normalized spacial score (nSPS) is 21.8. The molecule has 1 heterocycles. The van der Waals surface area contributed by atoms with Crippen molar-refractivity contribution >= 4 is 11.8 Å². The summed E-state index contributed by atoms with van der Waals surface area (Å²) in [5, 5.41) is 2.84. The average Bonchev–Trinajstić information content (AvgIpc) is 2.39. The summed E-state index contributed by atoms with van der Waals surface area (Å²) in [5.41, 5.74) is -0.838. The van der Waals surface area contributed by atoms with Crippen LogP contribution in [0.3, 0.4) is 0 Å². The van der Waals surface area contributed by atoms with Crippen LogP contribution in [0.4, 0.5) is 0 Å². The molecule has 1 saturated heterocycles. The van der Waals surface area contributed by atoms with Gasteiger partial charge in [-0.25, -0.2) is 0 Å². The molecule has 1 unspecified atom stereocenters. The van der Waals surface area contributed by atoms with Crippen LogP contribution >= 0.6 is 0 Å². The van der Waals surface area contributed by atoms with E-state index in [1.54, 1.807) is 25.9 Å². The summed E-state index contributed by atoms with van der Waals surface area (Å²) >= 11 is 0. The Morgan fingerprint density at radius 1 is 1.24 bits per heavy atom. The van der Waals surface area contributed by atoms with Crippen molar-refractivity contribution in [2.24, 2.45) is 5.92 Å². The summed E-state index contributed by atoms with van der Waals surface area (Å²) in [5.74, 6) is 0.216. The van der Waals surface area contributed by atoms with Crippen LogP contribution in [0.15, 0.2) is 0 Å². The molecule has 0 aromatic carbocycles. The van der Waals surface area contributed by atoms with Crippen LogP contribution < -0.4 is 5.32 Å². The fraction of sp³-hybridized carbons (Fsp3) is 0.867. The van der Waals surface area contributed by atoms with E-state index in [4.69, 9.17) is 9.47 Å². The van der Waals surface area contributed by atoms with Gasteiger partial charge in [-0.1, -0.05) is 13.8 Å². The van der Waals surface area contributed by atoms with E-state index < -0.39 is 11.6 Å². The molecular formula is C15H28N2O4. The van der Waals surface area contributed by atoms with Crippen molar-refractivity contribution in [3.8, 4) is 0 Å². The summed E-state index contributed by atoms with van der Waals surface area (Å²) in [6.07, 6.45) is 0.654.